The van der Waals surface area contributed by atoms with E-state index in [-0.39, 0.29) is 0 Å². The molecule has 39 heavy (non-hydrogen) atoms. The van der Waals surface area contributed by atoms with Crippen LogP contribution < -0.4 is 20.5 Å². The molecule has 1 aliphatic carbocycles. The molecule has 1 unspecified atom stereocenters. The van der Waals surface area contributed by atoms with Gasteiger partial charge in [-0.3, -0.25) is 0 Å². The van der Waals surface area contributed by atoms with E-state index in [2.05, 4.69) is 147 Å². The van der Waals surface area contributed by atoms with Crippen molar-refractivity contribution < 1.29 is 4.74 Å². The molecule has 0 radical (unpaired) electrons. The van der Waals surface area contributed by atoms with E-state index in [0.717, 1.165) is 5.75 Å². The predicted molar refractivity (Wildman–Crippen MR) is 173 cm³/mol. The van der Waals surface area contributed by atoms with Crippen LogP contribution >= 0.6 is 7.92 Å². The van der Waals surface area contributed by atoms with Crippen LogP contribution in [0.3, 0.4) is 0 Å². The molecule has 0 bridgehead atoms. The van der Waals surface area contributed by atoms with Gasteiger partial charge in [-0.15, -0.1) is 0 Å². The van der Waals surface area contributed by atoms with E-state index in [9.17, 15) is 0 Å². The molecule has 0 N–H and O–H groups in total. The summed E-state index contributed by atoms with van der Waals surface area (Å²) in [6.07, 6.45) is 4.46. The Hall–Kier alpha value is -3.71. The van der Waals surface area contributed by atoms with Crippen LogP contribution in [0.5, 0.6) is 5.75 Å². The highest BCUT2D eigenvalue weighted by atomic mass is 31.1. The van der Waals surface area contributed by atoms with Gasteiger partial charge in [0.25, 0.3) is 0 Å². The normalized spacial score (nSPS) is 14.7. The first-order chi connectivity index (χ1) is 19.1. The second-order valence-electron chi connectivity index (χ2n) is 10.6. The molecule has 192 valence electrons. The van der Waals surface area contributed by atoms with Gasteiger partial charge in [0.05, 0.1) is 8.07 Å². The summed E-state index contributed by atoms with van der Waals surface area (Å²) in [4.78, 5) is 0. The maximum absolute atomic E-state index is 6.45. The molecule has 1 atom stereocenters. The van der Waals surface area contributed by atoms with E-state index in [1.54, 1.807) is 0 Å². The topological polar surface area (TPSA) is 9.23 Å². The van der Waals surface area contributed by atoms with Crippen LogP contribution in [0.25, 0.3) is 16.1 Å². The number of hydrogen-bond acceptors (Lipinski definition) is 1. The fourth-order valence-corrected chi connectivity index (χ4v) is 11.9. The Balaban J connectivity index is 1.54. The largest absolute Gasteiger partial charge is 0.489 e. The number of allylic oxidation sites excluding steroid dienone is 1. The zero-order valence-electron chi connectivity index (χ0n) is 22.5. The minimum Gasteiger partial charge on any atom is -0.489 e. The zero-order chi connectivity index (χ0) is 26.8. The van der Waals surface area contributed by atoms with Crippen molar-refractivity contribution in [2.45, 2.75) is 18.6 Å². The minimum atomic E-state index is -2.12. The quantitative estimate of drug-likeness (QED) is 0.110. The maximum Gasteiger partial charge on any atom is 0.126 e. The Labute approximate surface area is 234 Å². The van der Waals surface area contributed by atoms with Crippen LogP contribution in [0.15, 0.2) is 140 Å². The minimum absolute atomic E-state index is 0.341. The number of hydrogen-bond donors (Lipinski definition) is 0. The third-order valence-corrected chi connectivity index (χ3v) is 14.2. The molecule has 5 aromatic rings. The molecule has 0 aromatic heterocycles. The number of ether oxygens (including phenoxy) is 1. The van der Waals surface area contributed by atoms with Crippen LogP contribution in [0, 0.1) is 0 Å². The SMILES string of the molecule is C=CCOc1c([Si](C)(C)C2C=C(P(c3ccccc3)c3ccccc3)c3ccccc32)ccc2ccccc12. The Kier molecular flexibility index (Phi) is 7.08. The van der Waals surface area contributed by atoms with Crippen molar-refractivity contribution in [3.8, 4) is 5.75 Å². The zero-order valence-corrected chi connectivity index (χ0v) is 24.4. The smallest absolute Gasteiger partial charge is 0.126 e. The Morgan fingerprint density at radius 2 is 1.36 bits per heavy atom. The van der Waals surface area contributed by atoms with Crippen molar-refractivity contribution in [1.29, 1.82) is 0 Å². The van der Waals surface area contributed by atoms with E-state index in [0.29, 0.717) is 12.1 Å². The van der Waals surface area contributed by atoms with Crippen LogP contribution in [0.4, 0.5) is 0 Å². The van der Waals surface area contributed by atoms with Crippen molar-refractivity contribution in [1.82, 2.24) is 0 Å². The molecular formula is C36H33OPSi. The average Bonchev–Trinajstić information content (AvgIpc) is 3.37. The summed E-state index contributed by atoms with van der Waals surface area (Å²) in [6, 6.07) is 44.3. The van der Waals surface area contributed by atoms with Crippen molar-refractivity contribution in [2.75, 3.05) is 6.61 Å². The summed E-state index contributed by atoms with van der Waals surface area (Å²) in [6.45, 7) is 9.43. The van der Waals surface area contributed by atoms with E-state index < -0.39 is 16.0 Å². The standard InChI is InChI=1S/C36H33OPSi/c1-4-25-37-36-30-20-12-11-15-27(30)23-24-34(36)39(2,3)35-26-33(31-21-13-14-22-32(31)35)38(28-16-7-5-8-17-28)29-18-9-6-10-19-29/h4-24,26,35H,1,25H2,2-3H3. The molecule has 0 saturated heterocycles. The molecule has 1 nitrogen and oxygen atoms in total. The highest BCUT2D eigenvalue weighted by Crippen LogP contribution is 2.56. The van der Waals surface area contributed by atoms with Crippen molar-refractivity contribution in [3.63, 3.8) is 0 Å². The van der Waals surface area contributed by atoms with Gasteiger partial charge in [-0.25, -0.2) is 0 Å². The Morgan fingerprint density at radius 1 is 0.744 bits per heavy atom. The summed E-state index contributed by atoms with van der Waals surface area (Å²) in [5.74, 6) is 1.03. The number of rotatable bonds is 8. The lowest BCUT2D eigenvalue weighted by Crippen LogP contribution is -2.47. The summed E-state index contributed by atoms with van der Waals surface area (Å²) in [5.41, 5.74) is 3.19. The van der Waals surface area contributed by atoms with Crippen LogP contribution in [0.1, 0.15) is 16.7 Å². The van der Waals surface area contributed by atoms with Crippen molar-refractivity contribution in [3.05, 3.63) is 151 Å². The van der Waals surface area contributed by atoms with E-state index in [1.807, 2.05) is 6.08 Å². The monoisotopic (exact) mass is 540 g/mol. The van der Waals surface area contributed by atoms with Gasteiger partial charge in [-0.2, -0.15) is 0 Å². The molecule has 3 heteroatoms. The molecule has 0 heterocycles. The van der Waals surface area contributed by atoms with E-state index in [4.69, 9.17) is 4.74 Å². The molecule has 0 spiro atoms. The first kappa shape index (κ1) is 25.6. The Morgan fingerprint density at radius 3 is 2.05 bits per heavy atom. The molecular weight excluding hydrogens is 507 g/mol. The first-order valence-corrected chi connectivity index (χ1v) is 18.0. The van der Waals surface area contributed by atoms with Gasteiger partial charge < -0.3 is 4.74 Å². The summed E-state index contributed by atoms with van der Waals surface area (Å²) in [7, 11) is -2.81. The summed E-state index contributed by atoms with van der Waals surface area (Å²) >= 11 is 0. The second-order valence-corrected chi connectivity index (χ2v) is 17.4. The van der Waals surface area contributed by atoms with Gasteiger partial charge in [0.1, 0.15) is 12.4 Å². The van der Waals surface area contributed by atoms with Crippen molar-refractivity contribution in [2.24, 2.45) is 0 Å². The molecule has 0 amide bonds. The van der Waals surface area contributed by atoms with E-state index >= 15 is 0 Å². The molecule has 0 fully saturated rings. The van der Waals surface area contributed by atoms with Gasteiger partial charge in [0.2, 0.25) is 0 Å². The fourth-order valence-electron chi connectivity index (χ4n) is 5.93. The third kappa shape index (κ3) is 4.69. The molecule has 6 rings (SSSR count). The molecule has 0 saturated carbocycles. The van der Waals surface area contributed by atoms with Gasteiger partial charge in [-0.1, -0.05) is 153 Å². The van der Waals surface area contributed by atoms with Crippen LogP contribution in [-0.2, 0) is 0 Å². The highest BCUT2D eigenvalue weighted by molar-refractivity contribution is 7.82. The van der Waals surface area contributed by atoms with Gasteiger partial charge in [-0.05, 0) is 45.5 Å². The van der Waals surface area contributed by atoms with Crippen LogP contribution in [0.2, 0.25) is 13.1 Å². The predicted octanol–water partition coefficient (Wildman–Crippen LogP) is 8.13. The molecule has 1 aliphatic rings. The third-order valence-electron chi connectivity index (χ3n) is 7.86. The Bertz CT molecular complexity index is 1620. The van der Waals surface area contributed by atoms with Gasteiger partial charge >= 0.3 is 0 Å². The van der Waals surface area contributed by atoms with Crippen LogP contribution in [-0.4, -0.2) is 14.7 Å². The summed E-state index contributed by atoms with van der Waals surface area (Å²) < 4.78 is 6.45. The van der Waals surface area contributed by atoms with E-state index in [1.165, 1.54) is 43.0 Å². The second kappa shape index (κ2) is 10.8. The lowest BCUT2D eigenvalue weighted by molar-refractivity contribution is 0.370. The number of fused-ring (bicyclic) bond motifs is 2. The lowest BCUT2D eigenvalue weighted by atomic mass is 10.1. The number of benzene rings is 5. The fraction of sp³-hybridized carbons (Fsp3) is 0.111. The first-order valence-electron chi connectivity index (χ1n) is 13.6. The lowest BCUT2D eigenvalue weighted by Gasteiger charge is -2.32. The molecule has 0 aliphatic heterocycles. The van der Waals surface area contributed by atoms with Gasteiger partial charge in [0, 0.05) is 10.9 Å². The van der Waals surface area contributed by atoms with Crippen molar-refractivity contribution >= 4 is 47.9 Å². The average molecular weight is 541 g/mol. The maximum atomic E-state index is 6.45. The highest BCUT2D eigenvalue weighted by Gasteiger charge is 2.42. The van der Waals surface area contributed by atoms with Gasteiger partial charge in [0.15, 0.2) is 0 Å². The molecule has 5 aromatic carbocycles. The summed E-state index contributed by atoms with van der Waals surface area (Å²) in [5, 5.41) is 8.01.